The molecule has 0 atom stereocenters. The van der Waals surface area contributed by atoms with Crippen molar-refractivity contribution in [2.24, 2.45) is 0 Å². The van der Waals surface area contributed by atoms with E-state index in [4.69, 9.17) is 9.15 Å². The molecule has 0 saturated carbocycles. The molecule has 5 heteroatoms. The number of thiophene rings is 1. The molecule has 2 heterocycles. The molecule has 0 unspecified atom stereocenters. The maximum atomic E-state index is 12.0. The number of nitrogens with one attached hydrogen (secondary N) is 1. The van der Waals surface area contributed by atoms with Gasteiger partial charge in [0, 0.05) is 17.8 Å². The van der Waals surface area contributed by atoms with Gasteiger partial charge in [-0.1, -0.05) is 12.1 Å². The summed E-state index contributed by atoms with van der Waals surface area (Å²) in [6.07, 6.45) is 3.74. The normalized spacial score (nSPS) is 10.6. The van der Waals surface area contributed by atoms with Crippen LogP contribution in [0, 0.1) is 0 Å². The van der Waals surface area contributed by atoms with Crippen molar-refractivity contribution in [1.29, 1.82) is 0 Å². The number of rotatable bonds is 8. The molecule has 0 radical (unpaired) electrons. The minimum absolute atomic E-state index is 0.0821. The second-order valence-electron chi connectivity index (χ2n) is 5.69. The van der Waals surface area contributed by atoms with E-state index in [1.54, 1.807) is 24.7 Å². The SMILES string of the molecule is COc1ccc(CCC(=O)NCCc2ccc(-c3ccco3)s2)cc1. The molecule has 0 saturated heterocycles. The standard InChI is InChI=1S/C20H21NO3S/c1-23-16-7-4-15(5-8-16)6-11-20(22)21-13-12-17-9-10-19(25-17)18-3-2-14-24-18/h2-5,7-10,14H,6,11-13H2,1H3,(H,21,22). The summed E-state index contributed by atoms with van der Waals surface area (Å²) >= 11 is 1.70. The highest BCUT2D eigenvalue weighted by molar-refractivity contribution is 7.15. The van der Waals surface area contributed by atoms with Crippen LogP contribution >= 0.6 is 11.3 Å². The van der Waals surface area contributed by atoms with Crippen LogP contribution in [0.5, 0.6) is 5.75 Å². The molecule has 1 N–H and O–H groups in total. The average Bonchev–Trinajstić information content (AvgIpc) is 3.32. The van der Waals surface area contributed by atoms with Gasteiger partial charge >= 0.3 is 0 Å². The molecule has 0 aliphatic heterocycles. The highest BCUT2D eigenvalue weighted by Crippen LogP contribution is 2.28. The van der Waals surface area contributed by atoms with Gasteiger partial charge in [-0.15, -0.1) is 11.3 Å². The second-order valence-corrected chi connectivity index (χ2v) is 6.86. The molecule has 0 spiro atoms. The van der Waals surface area contributed by atoms with Gasteiger partial charge in [-0.25, -0.2) is 0 Å². The lowest BCUT2D eigenvalue weighted by Crippen LogP contribution is -2.25. The van der Waals surface area contributed by atoms with Crippen LogP contribution in [-0.4, -0.2) is 19.6 Å². The highest BCUT2D eigenvalue weighted by atomic mass is 32.1. The molecule has 1 aromatic carbocycles. The lowest BCUT2D eigenvalue weighted by atomic mass is 10.1. The van der Waals surface area contributed by atoms with E-state index in [0.29, 0.717) is 13.0 Å². The number of carbonyl (C=O) groups excluding carboxylic acids is 1. The minimum atomic E-state index is 0.0821. The van der Waals surface area contributed by atoms with Crippen LogP contribution in [0.3, 0.4) is 0 Å². The van der Waals surface area contributed by atoms with Gasteiger partial charge in [0.2, 0.25) is 5.91 Å². The molecule has 3 rings (SSSR count). The first-order valence-corrected chi connectivity index (χ1v) is 9.08. The number of amides is 1. The quantitative estimate of drug-likeness (QED) is 0.655. The monoisotopic (exact) mass is 355 g/mol. The summed E-state index contributed by atoms with van der Waals surface area (Å²) in [6, 6.07) is 15.8. The predicted octanol–water partition coefficient (Wildman–Crippen LogP) is 4.31. The Labute approximate surface area is 151 Å². The van der Waals surface area contributed by atoms with Crippen LogP contribution in [0.15, 0.2) is 59.2 Å². The zero-order valence-corrected chi connectivity index (χ0v) is 15.0. The number of hydrogen-bond donors (Lipinski definition) is 1. The number of furan rings is 1. The third-order valence-electron chi connectivity index (χ3n) is 3.92. The van der Waals surface area contributed by atoms with Crippen molar-refractivity contribution in [2.75, 3.05) is 13.7 Å². The molecule has 2 aromatic heterocycles. The number of benzene rings is 1. The summed E-state index contributed by atoms with van der Waals surface area (Å²) in [5.41, 5.74) is 1.14. The van der Waals surface area contributed by atoms with E-state index in [2.05, 4.69) is 17.4 Å². The fourth-order valence-electron chi connectivity index (χ4n) is 2.53. The summed E-state index contributed by atoms with van der Waals surface area (Å²) in [4.78, 5) is 14.3. The van der Waals surface area contributed by atoms with E-state index in [1.807, 2.05) is 36.4 Å². The topological polar surface area (TPSA) is 51.5 Å². The van der Waals surface area contributed by atoms with E-state index >= 15 is 0 Å². The predicted molar refractivity (Wildman–Crippen MR) is 100 cm³/mol. The summed E-state index contributed by atoms with van der Waals surface area (Å²) in [5.74, 6) is 1.80. The highest BCUT2D eigenvalue weighted by Gasteiger charge is 2.06. The number of methoxy groups -OCH3 is 1. The molecule has 3 aromatic rings. The van der Waals surface area contributed by atoms with E-state index in [-0.39, 0.29) is 5.91 Å². The first-order valence-electron chi connectivity index (χ1n) is 8.27. The summed E-state index contributed by atoms with van der Waals surface area (Å²) in [5, 5.41) is 2.99. The first kappa shape index (κ1) is 17.3. The summed E-state index contributed by atoms with van der Waals surface area (Å²) < 4.78 is 10.5. The maximum Gasteiger partial charge on any atom is 0.220 e. The van der Waals surface area contributed by atoms with Gasteiger partial charge in [0.25, 0.3) is 0 Å². The van der Waals surface area contributed by atoms with E-state index in [9.17, 15) is 4.79 Å². The van der Waals surface area contributed by atoms with E-state index in [0.717, 1.165) is 34.8 Å². The van der Waals surface area contributed by atoms with Gasteiger partial charge in [-0.2, -0.15) is 0 Å². The van der Waals surface area contributed by atoms with Crippen molar-refractivity contribution >= 4 is 17.2 Å². The number of hydrogen-bond acceptors (Lipinski definition) is 4. The first-order chi connectivity index (χ1) is 12.2. The molecule has 0 aliphatic carbocycles. The van der Waals surface area contributed by atoms with Crippen LogP contribution in [0.1, 0.15) is 16.9 Å². The Kier molecular flexibility index (Phi) is 5.90. The molecule has 25 heavy (non-hydrogen) atoms. The van der Waals surface area contributed by atoms with Gasteiger partial charge in [-0.3, -0.25) is 4.79 Å². The molecule has 1 amide bonds. The van der Waals surface area contributed by atoms with Crippen LogP contribution in [-0.2, 0) is 17.6 Å². The van der Waals surface area contributed by atoms with Gasteiger partial charge < -0.3 is 14.5 Å². The molecule has 4 nitrogen and oxygen atoms in total. The lowest BCUT2D eigenvalue weighted by molar-refractivity contribution is -0.121. The zero-order valence-electron chi connectivity index (χ0n) is 14.2. The van der Waals surface area contributed by atoms with Crippen molar-refractivity contribution < 1.29 is 13.9 Å². The van der Waals surface area contributed by atoms with Gasteiger partial charge in [0.1, 0.15) is 11.5 Å². The smallest absolute Gasteiger partial charge is 0.220 e. The van der Waals surface area contributed by atoms with Gasteiger partial charge in [0.05, 0.1) is 18.3 Å². The fraction of sp³-hybridized carbons (Fsp3) is 0.250. The van der Waals surface area contributed by atoms with Crippen LogP contribution in [0.4, 0.5) is 0 Å². The lowest BCUT2D eigenvalue weighted by Gasteiger charge is -2.05. The Morgan fingerprint density at radius 2 is 1.96 bits per heavy atom. The molecule has 130 valence electrons. The summed E-state index contributed by atoms with van der Waals surface area (Å²) in [6.45, 7) is 0.652. The van der Waals surface area contributed by atoms with Crippen LogP contribution < -0.4 is 10.1 Å². The Morgan fingerprint density at radius 3 is 2.68 bits per heavy atom. The molecule has 0 bridgehead atoms. The van der Waals surface area contributed by atoms with Crippen molar-refractivity contribution in [1.82, 2.24) is 5.32 Å². The zero-order chi connectivity index (χ0) is 17.5. The van der Waals surface area contributed by atoms with E-state index < -0.39 is 0 Å². The molecule has 0 aliphatic rings. The largest absolute Gasteiger partial charge is 0.497 e. The number of ether oxygens (including phenoxy) is 1. The number of carbonyl (C=O) groups is 1. The Morgan fingerprint density at radius 1 is 1.12 bits per heavy atom. The van der Waals surface area contributed by atoms with Crippen LogP contribution in [0.25, 0.3) is 10.6 Å². The van der Waals surface area contributed by atoms with Crippen molar-refractivity contribution in [3.05, 3.63) is 65.2 Å². The van der Waals surface area contributed by atoms with Gasteiger partial charge in [0.15, 0.2) is 0 Å². The van der Waals surface area contributed by atoms with E-state index in [1.165, 1.54) is 4.88 Å². The van der Waals surface area contributed by atoms with Crippen molar-refractivity contribution in [3.8, 4) is 16.4 Å². The second kappa shape index (κ2) is 8.53. The summed E-state index contributed by atoms with van der Waals surface area (Å²) in [7, 11) is 1.65. The third-order valence-corrected chi connectivity index (χ3v) is 5.08. The third kappa shape index (κ3) is 4.97. The average molecular weight is 355 g/mol. The number of aryl methyl sites for hydroxylation is 1. The van der Waals surface area contributed by atoms with Crippen molar-refractivity contribution in [2.45, 2.75) is 19.3 Å². The Balaban J connectivity index is 1.39. The Bertz CT molecular complexity index is 791. The van der Waals surface area contributed by atoms with Crippen molar-refractivity contribution in [3.63, 3.8) is 0 Å². The minimum Gasteiger partial charge on any atom is -0.497 e. The van der Waals surface area contributed by atoms with Crippen LogP contribution in [0.2, 0.25) is 0 Å². The fourth-order valence-corrected chi connectivity index (χ4v) is 3.50. The molecule has 0 fully saturated rings. The molecular weight excluding hydrogens is 334 g/mol. The maximum absolute atomic E-state index is 12.0. The van der Waals surface area contributed by atoms with Gasteiger partial charge in [-0.05, 0) is 54.8 Å². The Hall–Kier alpha value is -2.53. The molecular formula is C20H21NO3S.